The van der Waals surface area contributed by atoms with Gasteiger partial charge in [-0.1, -0.05) is 11.6 Å². The third kappa shape index (κ3) is 4.81. The minimum absolute atomic E-state index is 0.0440. The second-order valence-electron chi connectivity index (χ2n) is 9.40. The maximum absolute atomic E-state index is 11.7. The van der Waals surface area contributed by atoms with Crippen molar-refractivity contribution >= 4 is 46.4 Å². The Morgan fingerprint density at radius 3 is 2.68 bits per heavy atom. The van der Waals surface area contributed by atoms with Crippen LogP contribution in [0, 0.1) is 22.7 Å². The monoisotopic (exact) mass is 519 g/mol. The Labute approximate surface area is 218 Å². The van der Waals surface area contributed by atoms with E-state index in [-0.39, 0.29) is 23.9 Å². The number of fused-ring (bicyclic) bond motifs is 1. The maximum Gasteiger partial charge on any atom is 0.234 e. The molecule has 190 valence electrons. The zero-order valence-electron chi connectivity index (χ0n) is 20.4. The highest BCUT2D eigenvalue weighted by Crippen LogP contribution is 2.37. The summed E-state index contributed by atoms with van der Waals surface area (Å²) in [4.78, 5) is 24.9. The van der Waals surface area contributed by atoms with E-state index >= 15 is 0 Å². The van der Waals surface area contributed by atoms with E-state index in [1.807, 2.05) is 6.92 Å². The van der Waals surface area contributed by atoms with E-state index in [4.69, 9.17) is 17.3 Å². The van der Waals surface area contributed by atoms with Gasteiger partial charge in [0.25, 0.3) is 0 Å². The quantitative estimate of drug-likeness (QED) is 0.421. The number of primary amides is 1. The summed E-state index contributed by atoms with van der Waals surface area (Å²) in [7, 11) is 0. The summed E-state index contributed by atoms with van der Waals surface area (Å²) in [6.45, 7) is 5.67. The predicted octanol–water partition coefficient (Wildman–Crippen LogP) is 2.22. The van der Waals surface area contributed by atoms with Crippen molar-refractivity contribution in [3.8, 4) is 12.1 Å². The average Bonchev–Trinajstić information content (AvgIpc) is 3.60. The summed E-state index contributed by atoms with van der Waals surface area (Å²) in [6, 6.07) is 7.67. The van der Waals surface area contributed by atoms with Crippen LogP contribution in [-0.2, 0) is 4.79 Å². The lowest BCUT2D eigenvalue weighted by atomic mass is 10.1. The van der Waals surface area contributed by atoms with Crippen LogP contribution >= 0.6 is 11.6 Å². The molecule has 0 radical (unpaired) electrons. The van der Waals surface area contributed by atoms with E-state index in [2.05, 4.69) is 47.6 Å². The van der Waals surface area contributed by atoms with E-state index in [0.29, 0.717) is 64.8 Å². The fourth-order valence-electron chi connectivity index (χ4n) is 4.56. The van der Waals surface area contributed by atoms with Gasteiger partial charge >= 0.3 is 0 Å². The zero-order valence-corrected chi connectivity index (χ0v) is 21.2. The highest BCUT2D eigenvalue weighted by atomic mass is 35.5. The highest BCUT2D eigenvalue weighted by Gasteiger charge is 2.31. The Hall–Kier alpha value is -4.13. The van der Waals surface area contributed by atoms with Gasteiger partial charge in [0.1, 0.15) is 11.6 Å². The largest absolute Gasteiger partial charge is 0.368 e. The van der Waals surface area contributed by atoms with E-state index in [9.17, 15) is 15.3 Å². The minimum Gasteiger partial charge on any atom is -0.368 e. The Morgan fingerprint density at radius 2 is 2.03 bits per heavy atom. The third-order valence-electron chi connectivity index (χ3n) is 6.76. The number of nitrogens with zero attached hydrogens (tertiary/aromatic N) is 8. The van der Waals surface area contributed by atoms with Crippen molar-refractivity contribution in [2.45, 2.75) is 44.8 Å². The van der Waals surface area contributed by atoms with Crippen LogP contribution in [0.4, 0.5) is 23.3 Å². The fraction of sp³-hybridized carbons (Fsp3) is 0.417. The van der Waals surface area contributed by atoms with Gasteiger partial charge < -0.3 is 21.3 Å². The summed E-state index contributed by atoms with van der Waals surface area (Å²) in [5.74, 6) is 0.336. The molecule has 2 fully saturated rings. The minimum atomic E-state index is -0.373. The predicted molar refractivity (Wildman–Crippen MR) is 139 cm³/mol. The molecule has 5 rings (SSSR count). The molecular weight excluding hydrogens is 494 g/mol. The molecular formula is C24H26ClN11O. The SMILES string of the molecule is C[C@@H]1CN(c2cc(C#N)cc(Nc3nc(NC4CC4)n4ncc(C#N)c4n3)c2Cl)CCN1[C@H](C)C(N)=O. The van der Waals surface area contributed by atoms with Gasteiger partial charge in [-0.3, -0.25) is 9.69 Å². The Morgan fingerprint density at radius 1 is 1.24 bits per heavy atom. The van der Waals surface area contributed by atoms with Gasteiger partial charge in [-0.05, 0) is 38.8 Å². The van der Waals surface area contributed by atoms with Gasteiger partial charge in [-0.2, -0.15) is 30.1 Å². The Bertz CT molecular complexity index is 1450. The summed E-state index contributed by atoms with van der Waals surface area (Å²) in [5.41, 5.74) is 7.78. The van der Waals surface area contributed by atoms with Gasteiger partial charge in [0.05, 0.1) is 40.3 Å². The number of rotatable bonds is 7. The normalized spacial score (nSPS) is 18.7. The lowest BCUT2D eigenvalue weighted by molar-refractivity contribution is -0.123. The molecule has 1 saturated carbocycles. The Balaban J connectivity index is 1.47. The molecule has 2 atom stereocenters. The van der Waals surface area contributed by atoms with Gasteiger partial charge in [-0.15, -0.1) is 0 Å². The first kappa shape index (κ1) is 24.6. The van der Waals surface area contributed by atoms with Crippen LogP contribution in [0.5, 0.6) is 0 Å². The van der Waals surface area contributed by atoms with E-state index in [1.165, 1.54) is 10.7 Å². The standard InChI is InChI=1S/C24H26ClN11O/c1-13-12-34(5-6-35(13)14(2)21(28)37)19-8-15(9-26)7-18(20(19)25)31-23-32-22-16(10-27)11-29-36(22)24(33-23)30-17-3-4-17/h7-8,11,13-14,17H,3-6,12H2,1-2H3,(H2,28,37)(H2,30,31,32,33)/t13-,14-/m1/s1. The van der Waals surface area contributed by atoms with E-state index in [0.717, 1.165) is 12.8 Å². The maximum atomic E-state index is 11.7. The molecule has 1 aliphatic heterocycles. The number of amides is 1. The number of piperazine rings is 1. The summed E-state index contributed by atoms with van der Waals surface area (Å²) >= 11 is 6.87. The molecule has 1 aliphatic carbocycles. The summed E-state index contributed by atoms with van der Waals surface area (Å²) in [5, 5.41) is 30.3. The first-order valence-corrected chi connectivity index (χ1v) is 12.4. The second kappa shape index (κ2) is 9.73. The summed E-state index contributed by atoms with van der Waals surface area (Å²) in [6.07, 6.45) is 3.51. The van der Waals surface area contributed by atoms with Crippen molar-refractivity contribution in [3.63, 3.8) is 0 Å². The number of hydrogen-bond acceptors (Lipinski definition) is 10. The number of halogens is 1. The lowest BCUT2D eigenvalue weighted by Crippen LogP contribution is -2.57. The molecule has 37 heavy (non-hydrogen) atoms. The molecule has 3 aromatic rings. The van der Waals surface area contributed by atoms with Crippen LogP contribution in [0.25, 0.3) is 5.65 Å². The van der Waals surface area contributed by atoms with Gasteiger partial charge in [0.15, 0.2) is 5.65 Å². The van der Waals surface area contributed by atoms with Gasteiger partial charge in [0.2, 0.25) is 17.8 Å². The molecule has 0 unspecified atom stereocenters. The van der Waals surface area contributed by atoms with Crippen molar-refractivity contribution in [2.75, 3.05) is 35.2 Å². The second-order valence-corrected chi connectivity index (χ2v) is 9.78. The van der Waals surface area contributed by atoms with E-state index in [1.54, 1.807) is 19.1 Å². The molecule has 1 aromatic carbocycles. The number of aromatic nitrogens is 4. The number of nitriles is 2. The fourth-order valence-corrected chi connectivity index (χ4v) is 4.84. The molecule has 13 heteroatoms. The van der Waals surface area contributed by atoms with Crippen molar-refractivity contribution < 1.29 is 4.79 Å². The zero-order chi connectivity index (χ0) is 26.3. The number of benzene rings is 1. The molecule has 0 bridgehead atoms. The number of nitrogens with one attached hydrogen (secondary N) is 2. The van der Waals surface area contributed by atoms with E-state index < -0.39 is 0 Å². The molecule has 1 saturated heterocycles. The Kier molecular flexibility index (Phi) is 6.46. The van der Waals surface area contributed by atoms with Gasteiger partial charge in [0, 0.05) is 31.7 Å². The van der Waals surface area contributed by atoms with Crippen LogP contribution in [0.2, 0.25) is 5.02 Å². The van der Waals surface area contributed by atoms with Crippen LogP contribution in [0.1, 0.15) is 37.8 Å². The van der Waals surface area contributed by atoms with Crippen LogP contribution in [0.15, 0.2) is 18.3 Å². The number of hydrogen-bond donors (Lipinski definition) is 3. The van der Waals surface area contributed by atoms with Crippen LogP contribution < -0.4 is 21.3 Å². The summed E-state index contributed by atoms with van der Waals surface area (Å²) < 4.78 is 1.51. The molecule has 2 aliphatic rings. The number of nitrogens with two attached hydrogens (primary N) is 1. The van der Waals surface area contributed by atoms with Gasteiger partial charge in [-0.25, -0.2) is 0 Å². The van der Waals surface area contributed by atoms with Crippen molar-refractivity contribution in [1.29, 1.82) is 10.5 Å². The first-order chi connectivity index (χ1) is 17.8. The third-order valence-corrected chi connectivity index (χ3v) is 7.15. The average molecular weight is 520 g/mol. The smallest absolute Gasteiger partial charge is 0.234 e. The van der Waals surface area contributed by atoms with Crippen molar-refractivity contribution in [1.82, 2.24) is 24.5 Å². The molecule has 1 amide bonds. The number of anilines is 4. The number of carbonyl (C=O) groups excluding carboxylic acids is 1. The van der Waals surface area contributed by atoms with Crippen molar-refractivity contribution in [3.05, 3.63) is 34.5 Å². The number of carbonyl (C=O) groups is 1. The molecule has 12 nitrogen and oxygen atoms in total. The highest BCUT2D eigenvalue weighted by molar-refractivity contribution is 6.36. The molecule has 4 N–H and O–H groups in total. The molecule has 3 heterocycles. The van der Waals surface area contributed by atoms with Crippen LogP contribution in [0.3, 0.4) is 0 Å². The molecule has 0 spiro atoms. The first-order valence-electron chi connectivity index (χ1n) is 12.0. The molecule has 2 aromatic heterocycles. The lowest BCUT2D eigenvalue weighted by Gasteiger charge is -2.43. The topological polar surface area (TPSA) is 164 Å². The van der Waals surface area contributed by atoms with Crippen molar-refractivity contribution in [2.24, 2.45) is 5.73 Å². The van der Waals surface area contributed by atoms with Crippen LogP contribution in [-0.4, -0.2) is 68.1 Å².